The molecule has 4 nitrogen and oxygen atoms in total. The second kappa shape index (κ2) is 8.21. The van der Waals surface area contributed by atoms with Gasteiger partial charge in [0.15, 0.2) is 0 Å². The largest absolute Gasteiger partial charge is 0.416 e. The van der Waals surface area contributed by atoms with E-state index in [1.165, 1.54) is 16.3 Å². The van der Waals surface area contributed by atoms with E-state index in [2.05, 4.69) is 112 Å². The second-order valence-corrected chi connectivity index (χ2v) is 10.6. The first kappa shape index (κ1) is 21.8. The highest BCUT2D eigenvalue weighted by atomic mass is 79.9. The van der Waals surface area contributed by atoms with Crippen LogP contribution in [-0.4, -0.2) is 14.8 Å². The monoisotopic (exact) mass is 521 g/mol. The van der Waals surface area contributed by atoms with Crippen molar-refractivity contribution in [2.45, 2.75) is 26.2 Å². The Morgan fingerprint density at radius 3 is 2.20 bits per heavy atom. The van der Waals surface area contributed by atoms with Crippen LogP contribution in [0.25, 0.3) is 50.4 Å². The van der Waals surface area contributed by atoms with E-state index in [0.29, 0.717) is 11.8 Å². The van der Waals surface area contributed by atoms with Crippen LogP contribution in [0.3, 0.4) is 0 Å². The number of fused-ring (bicyclic) bond motifs is 3. The van der Waals surface area contributed by atoms with Crippen molar-refractivity contribution in [3.05, 3.63) is 101 Å². The molecule has 6 rings (SSSR count). The lowest BCUT2D eigenvalue weighted by Crippen LogP contribution is -2.10. The minimum Gasteiger partial charge on any atom is -0.416 e. The highest BCUT2D eigenvalue weighted by molar-refractivity contribution is 9.10. The number of nitrogens with zero attached hydrogens (tertiary/aromatic N) is 3. The highest BCUT2D eigenvalue weighted by Crippen LogP contribution is 2.39. The minimum atomic E-state index is 0.0913. The third-order valence-electron chi connectivity index (χ3n) is 6.44. The summed E-state index contributed by atoms with van der Waals surface area (Å²) in [5.74, 6) is 1.01. The van der Waals surface area contributed by atoms with Crippen LogP contribution in [0.15, 0.2) is 99.9 Å². The lowest BCUT2D eigenvalue weighted by molar-refractivity contribution is 0.581. The lowest BCUT2D eigenvalue weighted by atomic mass is 9.87. The average molecular weight is 522 g/mol. The number of hydrogen-bond acceptors (Lipinski definition) is 3. The van der Waals surface area contributed by atoms with Crippen LogP contribution in [0.2, 0.25) is 0 Å². The number of para-hydroxylation sites is 3. The Balaban J connectivity index is 1.51. The fraction of sp³-hybridized carbons (Fsp3) is 0.133. The predicted molar refractivity (Wildman–Crippen MR) is 146 cm³/mol. The van der Waals surface area contributed by atoms with Gasteiger partial charge in [0.1, 0.15) is 0 Å². The molecule has 0 N–H and O–H groups in total. The summed E-state index contributed by atoms with van der Waals surface area (Å²) in [7, 11) is 0. The maximum Gasteiger partial charge on any atom is 0.250 e. The lowest BCUT2D eigenvalue weighted by Gasteiger charge is -2.18. The zero-order valence-corrected chi connectivity index (χ0v) is 21.4. The predicted octanol–water partition coefficient (Wildman–Crippen LogP) is 8.56. The van der Waals surface area contributed by atoms with Gasteiger partial charge < -0.3 is 8.98 Å². The summed E-state index contributed by atoms with van der Waals surface area (Å²) >= 11 is 3.79. The van der Waals surface area contributed by atoms with Gasteiger partial charge in [-0.15, -0.1) is 10.2 Å². The average Bonchev–Trinajstić information content (AvgIpc) is 3.48. The van der Waals surface area contributed by atoms with Crippen LogP contribution >= 0.6 is 15.9 Å². The fourth-order valence-corrected chi connectivity index (χ4v) is 5.18. The molecule has 172 valence electrons. The van der Waals surface area contributed by atoms with Crippen molar-refractivity contribution in [3.63, 3.8) is 0 Å². The topological polar surface area (TPSA) is 43.9 Å². The summed E-state index contributed by atoms with van der Waals surface area (Å²) in [5, 5.41) is 11.2. The van der Waals surface area contributed by atoms with E-state index in [0.717, 1.165) is 32.3 Å². The summed E-state index contributed by atoms with van der Waals surface area (Å²) in [6, 6.07) is 31.3. The zero-order valence-electron chi connectivity index (χ0n) is 19.8. The number of rotatable bonds is 3. The second-order valence-electron chi connectivity index (χ2n) is 9.75. The molecule has 0 radical (unpaired) electrons. The maximum atomic E-state index is 6.23. The number of hydrogen-bond donors (Lipinski definition) is 0. The van der Waals surface area contributed by atoms with E-state index in [1.54, 1.807) is 0 Å². The van der Waals surface area contributed by atoms with Gasteiger partial charge in [-0.3, -0.25) is 0 Å². The normalized spacial score (nSPS) is 12.0. The van der Waals surface area contributed by atoms with Gasteiger partial charge in [0.25, 0.3) is 0 Å². The summed E-state index contributed by atoms with van der Waals surface area (Å²) in [5.41, 5.74) is 6.38. The molecule has 0 bridgehead atoms. The van der Waals surface area contributed by atoms with Crippen LogP contribution in [0.1, 0.15) is 26.3 Å². The SMILES string of the molecule is CC(C)(C)c1ccc(-c2nnc(-c3ccccc3-n3c4ccccc4c4cccc(Br)c43)o2)cc1. The third-order valence-corrected chi connectivity index (χ3v) is 7.08. The van der Waals surface area contributed by atoms with E-state index in [1.807, 2.05) is 30.3 Å². The van der Waals surface area contributed by atoms with E-state index in [4.69, 9.17) is 4.42 Å². The maximum absolute atomic E-state index is 6.23. The summed E-state index contributed by atoms with van der Waals surface area (Å²) in [4.78, 5) is 0. The molecule has 0 spiro atoms. The fourth-order valence-electron chi connectivity index (χ4n) is 4.64. The zero-order chi connectivity index (χ0) is 24.2. The summed E-state index contributed by atoms with van der Waals surface area (Å²) in [6.45, 7) is 6.62. The molecular weight excluding hydrogens is 498 g/mol. The molecule has 0 atom stereocenters. The molecule has 0 aliphatic rings. The number of halogens is 1. The molecule has 4 aromatic carbocycles. The molecular formula is C30H24BrN3O. The summed E-state index contributed by atoms with van der Waals surface area (Å²) in [6.07, 6.45) is 0. The molecule has 35 heavy (non-hydrogen) atoms. The molecule has 2 heterocycles. The minimum absolute atomic E-state index is 0.0913. The Hall–Kier alpha value is -3.70. The summed E-state index contributed by atoms with van der Waals surface area (Å²) < 4.78 is 9.53. The van der Waals surface area contributed by atoms with Crippen LogP contribution in [0.5, 0.6) is 0 Å². The van der Waals surface area contributed by atoms with Gasteiger partial charge in [-0.2, -0.15) is 0 Å². The van der Waals surface area contributed by atoms with Crippen molar-refractivity contribution in [1.29, 1.82) is 0 Å². The standard InChI is InChI=1S/C30H24BrN3O/c1-30(2,3)20-17-15-19(16-18-20)28-32-33-29(35-28)23-10-5-7-14-26(23)34-25-13-6-4-9-21(25)22-11-8-12-24(31)27(22)34/h4-18H,1-3H3. The molecule has 0 saturated carbocycles. The van der Waals surface area contributed by atoms with Crippen molar-refractivity contribution in [1.82, 2.24) is 14.8 Å². The molecule has 0 aliphatic carbocycles. The Morgan fingerprint density at radius 2 is 1.40 bits per heavy atom. The van der Waals surface area contributed by atoms with E-state index >= 15 is 0 Å². The van der Waals surface area contributed by atoms with Crippen molar-refractivity contribution < 1.29 is 4.42 Å². The Bertz CT molecular complexity index is 1690. The molecule has 0 aliphatic heterocycles. The van der Waals surface area contributed by atoms with Gasteiger partial charge in [-0.05, 0) is 63.3 Å². The first-order valence-electron chi connectivity index (χ1n) is 11.6. The van der Waals surface area contributed by atoms with Gasteiger partial charge in [0.05, 0.1) is 22.3 Å². The Morgan fingerprint density at radius 1 is 0.714 bits per heavy atom. The van der Waals surface area contributed by atoms with Crippen LogP contribution in [0.4, 0.5) is 0 Å². The van der Waals surface area contributed by atoms with E-state index in [-0.39, 0.29) is 5.41 Å². The first-order chi connectivity index (χ1) is 16.9. The molecule has 5 heteroatoms. The van der Waals surface area contributed by atoms with Crippen molar-refractivity contribution in [2.75, 3.05) is 0 Å². The Kier molecular flexibility index (Phi) is 5.11. The van der Waals surface area contributed by atoms with Gasteiger partial charge in [-0.1, -0.05) is 75.4 Å². The van der Waals surface area contributed by atoms with Gasteiger partial charge in [-0.25, -0.2) is 0 Å². The van der Waals surface area contributed by atoms with Crippen molar-refractivity contribution in [3.8, 4) is 28.6 Å². The van der Waals surface area contributed by atoms with Gasteiger partial charge in [0.2, 0.25) is 11.8 Å². The van der Waals surface area contributed by atoms with Crippen molar-refractivity contribution in [2.24, 2.45) is 0 Å². The molecule has 6 aromatic rings. The smallest absolute Gasteiger partial charge is 0.250 e. The van der Waals surface area contributed by atoms with Gasteiger partial charge >= 0.3 is 0 Å². The van der Waals surface area contributed by atoms with E-state index < -0.39 is 0 Å². The number of benzene rings is 4. The van der Waals surface area contributed by atoms with Crippen molar-refractivity contribution >= 4 is 37.7 Å². The van der Waals surface area contributed by atoms with Crippen LogP contribution in [-0.2, 0) is 5.41 Å². The molecule has 0 unspecified atom stereocenters. The molecule has 0 amide bonds. The third kappa shape index (κ3) is 3.67. The van der Waals surface area contributed by atoms with Crippen LogP contribution in [0, 0.1) is 0 Å². The first-order valence-corrected chi connectivity index (χ1v) is 12.4. The Labute approximate surface area is 212 Å². The van der Waals surface area contributed by atoms with Gasteiger partial charge in [0, 0.05) is 20.8 Å². The quantitative estimate of drug-likeness (QED) is 0.234. The number of aromatic nitrogens is 3. The van der Waals surface area contributed by atoms with E-state index in [9.17, 15) is 0 Å². The highest BCUT2D eigenvalue weighted by Gasteiger charge is 2.20. The molecule has 0 saturated heterocycles. The molecule has 2 aromatic heterocycles. The molecule has 0 fully saturated rings. The van der Waals surface area contributed by atoms with Crippen LogP contribution < -0.4 is 0 Å².